The molecule has 1 fully saturated rings. The van der Waals surface area contributed by atoms with Gasteiger partial charge in [0.25, 0.3) is 0 Å². The molecule has 1 aliphatic rings. The van der Waals surface area contributed by atoms with Crippen LogP contribution in [-0.4, -0.2) is 47.2 Å². The highest BCUT2D eigenvalue weighted by atomic mass is 127. The molecular formula is C18H34IN5. The molecule has 2 N–H and O–H groups in total. The topological polar surface area (TPSA) is 56.3 Å². The zero-order valence-corrected chi connectivity index (χ0v) is 18.0. The molecule has 1 unspecified atom stereocenters. The number of H-pyrrole nitrogens is 1. The van der Waals surface area contributed by atoms with Gasteiger partial charge in [0.05, 0.1) is 6.20 Å². The molecule has 1 aliphatic heterocycles. The second-order valence-corrected chi connectivity index (χ2v) is 7.09. The summed E-state index contributed by atoms with van der Waals surface area (Å²) < 4.78 is 0. The van der Waals surface area contributed by atoms with E-state index in [0.717, 1.165) is 56.8 Å². The summed E-state index contributed by atoms with van der Waals surface area (Å²) in [4.78, 5) is 7.28. The van der Waals surface area contributed by atoms with E-state index in [1.54, 1.807) is 0 Å². The summed E-state index contributed by atoms with van der Waals surface area (Å²) in [6.07, 6.45) is 6.67. The second-order valence-electron chi connectivity index (χ2n) is 7.09. The number of hydrogen-bond donors (Lipinski definition) is 2. The summed E-state index contributed by atoms with van der Waals surface area (Å²) in [6.45, 7) is 13.0. The van der Waals surface area contributed by atoms with Crippen LogP contribution < -0.4 is 5.32 Å². The van der Waals surface area contributed by atoms with Gasteiger partial charge in [0.1, 0.15) is 0 Å². The van der Waals surface area contributed by atoms with E-state index >= 15 is 0 Å². The molecule has 6 heteroatoms. The first-order valence-electron chi connectivity index (χ1n) is 9.12. The molecule has 1 saturated heterocycles. The Morgan fingerprint density at radius 2 is 2.29 bits per heavy atom. The number of rotatable bonds is 7. The Kier molecular flexibility index (Phi) is 9.69. The fourth-order valence-corrected chi connectivity index (χ4v) is 3.39. The molecule has 0 bridgehead atoms. The van der Waals surface area contributed by atoms with Crippen LogP contribution in [0.1, 0.15) is 51.3 Å². The molecule has 24 heavy (non-hydrogen) atoms. The van der Waals surface area contributed by atoms with Gasteiger partial charge in [-0.05, 0) is 56.9 Å². The van der Waals surface area contributed by atoms with Crippen molar-refractivity contribution in [1.29, 1.82) is 0 Å². The van der Waals surface area contributed by atoms with Gasteiger partial charge in [-0.1, -0.05) is 13.8 Å². The van der Waals surface area contributed by atoms with Gasteiger partial charge < -0.3 is 10.2 Å². The first-order valence-corrected chi connectivity index (χ1v) is 9.12. The highest BCUT2D eigenvalue weighted by molar-refractivity contribution is 14.0. The largest absolute Gasteiger partial charge is 0.357 e. The second kappa shape index (κ2) is 10.9. The first kappa shape index (κ1) is 21.3. The van der Waals surface area contributed by atoms with Crippen molar-refractivity contribution in [3.05, 3.63) is 17.5 Å². The number of halogens is 1. The third-order valence-electron chi connectivity index (χ3n) is 4.53. The maximum atomic E-state index is 4.84. The van der Waals surface area contributed by atoms with Crippen molar-refractivity contribution >= 4 is 29.9 Å². The van der Waals surface area contributed by atoms with Crippen molar-refractivity contribution in [1.82, 2.24) is 20.4 Å². The van der Waals surface area contributed by atoms with Gasteiger partial charge >= 0.3 is 0 Å². The van der Waals surface area contributed by atoms with Crippen molar-refractivity contribution in [3.63, 3.8) is 0 Å². The summed E-state index contributed by atoms with van der Waals surface area (Å²) in [7, 11) is 0. The van der Waals surface area contributed by atoms with Crippen molar-refractivity contribution in [2.75, 3.05) is 26.2 Å². The third-order valence-corrected chi connectivity index (χ3v) is 4.53. The van der Waals surface area contributed by atoms with Crippen molar-refractivity contribution < 1.29 is 0 Å². The minimum Gasteiger partial charge on any atom is -0.357 e. The first-order chi connectivity index (χ1) is 11.1. The number of guanidine groups is 1. The van der Waals surface area contributed by atoms with Crippen LogP contribution in [-0.2, 0) is 6.42 Å². The molecule has 1 atom stereocenters. The number of hydrogen-bond acceptors (Lipinski definition) is 2. The number of aliphatic imine (C=N–C) groups is 1. The number of aromatic amines is 1. The highest BCUT2D eigenvalue weighted by Crippen LogP contribution is 2.23. The van der Waals surface area contributed by atoms with Crippen LogP contribution in [0.2, 0.25) is 0 Å². The normalized spacial score (nSPS) is 18.1. The predicted molar refractivity (Wildman–Crippen MR) is 112 cm³/mol. The number of likely N-dealkylation sites (tertiary alicyclic amines) is 1. The molecule has 0 saturated carbocycles. The lowest BCUT2D eigenvalue weighted by atomic mass is 9.97. The fraction of sp³-hybridized carbons (Fsp3) is 0.778. The molecule has 138 valence electrons. The van der Waals surface area contributed by atoms with Crippen LogP contribution in [0.4, 0.5) is 0 Å². The van der Waals surface area contributed by atoms with Gasteiger partial charge in [-0.3, -0.25) is 10.1 Å². The molecule has 0 aromatic carbocycles. The molecule has 2 heterocycles. The van der Waals surface area contributed by atoms with E-state index in [1.807, 2.05) is 6.20 Å². The van der Waals surface area contributed by atoms with Crippen LogP contribution >= 0.6 is 24.0 Å². The van der Waals surface area contributed by atoms with Gasteiger partial charge in [0.15, 0.2) is 5.96 Å². The number of aryl methyl sites for hydroxylation is 2. The quantitative estimate of drug-likeness (QED) is 0.291. The van der Waals surface area contributed by atoms with E-state index in [-0.39, 0.29) is 24.0 Å². The molecule has 0 radical (unpaired) electrons. The minimum atomic E-state index is 0. The van der Waals surface area contributed by atoms with Gasteiger partial charge in [-0.15, -0.1) is 24.0 Å². The molecule has 0 amide bonds. The van der Waals surface area contributed by atoms with Gasteiger partial charge in [0, 0.05) is 31.9 Å². The average molecular weight is 447 g/mol. The van der Waals surface area contributed by atoms with E-state index in [4.69, 9.17) is 4.99 Å². The monoisotopic (exact) mass is 447 g/mol. The molecule has 1 aromatic rings. The Morgan fingerprint density at radius 1 is 1.50 bits per heavy atom. The summed E-state index contributed by atoms with van der Waals surface area (Å²) in [6, 6.07) is 0. The summed E-state index contributed by atoms with van der Waals surface area (Å²) in [5, 5.41) is 10.5. The summed E-state index contributed by atoms with van der Waals surface area (Å²) in [5.41, 5.74) is 2.49. The Balaban J connectivity index is 0.00000288. The molecular weight excluding hydrogens is 413 g/mol. The van der Waals surface area contributed by atoms with Gasteiger partial charge in [0.2, 0.25) is 0 Å². The SMILES string of the molecule is CCNC(=NCCCc1cn[nH]c1C)N1CCC(CC(C)C)C1.I. The molecule has 1 aromatic heterocycles. The summed E-state index contributed by atoms with van der Waals surface area (Å²) >= 11 is 0. The van der Waals surface area contributed by atoms with E-state index in [1.165, 1.54) is 24.1 Å². The van der Waals surface area contributed by atoms with Crippen LogP contribution in [0, 0.1) is 18.8 Å². The zero-order chi connectivity index (χ0) is 16.7. The van der Waals surface area contributed by atoms with Gasteiger partial charge in [-0.25, -0.2) is 0 Å². The highest BCUT2D eigenvalue weighted by Gasteiger charge is 2.25. The van der Waals surface area contributed by atoms with E-state index in [0.29, 0.717) is 0 Å². The molecule has 0 spiro atoms. The van der Waals surface area contributed by atoms with E-state index in [2.05, 4.69) is 48.1 Å². The Bertz CT molecular complexity index is 497. The lowest BCUT2D eigenvalue weighted by Crippen LogP contribution is -2.40. The van der Waals surface area contributed by atoms with Crippen LogP contribution in [0.15, 0.2) is 11.2 Å². The van der Waals surface area contributed by atoms with E-state index in [9.17, 15) is 0 Å². The smallest absolute Gasteiger partial charge is 0.193 e. The van der Waals surface area contributed by atoms with Crippen molar-refractivity contribution in [2.24, 2.45) is 16.8 Å². The molecule has 0 aliphatic carbocycles. The maximum Gasteiger partial charge on any atom is 0.193 e. The van der Waals surface area contributed by atoms with Crippen molar-refractivity contribution in [2.45, 2.75) is 53.4 Å². The molecule has 5 nitrogen and oxygen atoms in total. The lowest BCUT2D eigenvalue weighted by molar-refractivity contribution is 0.403. The third kappa shape index (κ3) is 6.61. The van der Waals surface area contributed by atoms with Gasteiger partial charge in [-0.2, -0.15) is 5.10 Å². The Morgan fingerprint density at radius 3 is 2.92 bits per heavy atom. The number of nitrogens with one attached hydrogen (secondary N) is 2. The molecule has 2 rings (SSSR count). The lowest BCUT2D eigenvalue weighted by Gasteiger charge is -2.22. The maximum absolute atomic E-state index is 4.84. The van der Waals surface area contributed by atoms with Crippen LogP contribution in [0.25, 0.3) is 0 Å². The Hall–Kier alpha value is -0.790. The number of nitrogens with zero attached hydrogens (tertiary/aromatic N) is 3. The summed E-state index contributed by atoms with van der Waals surface area (Å²) in [5.74, 6) is 2.72. The number of aromatic nitrogens is 2. The zero-order valence-electron chi connectivity index (χ0n) is 15.6. The minimum absolute atomic E-state index is 0. The van der Waals surface area contributed by atoms with E-state index < -0.39 is 0 Å². The Labute approximate surface area is 164 Å². The predicted octanol–water partition coefficient (Wildman–Crippen LogP) is 3.60. The van der Waals surface area contributed by atoms with Crippen molar-refractivity contribution in [3.8, 4) is 0 Å². The average Bonchev–Trinajstić information content (AvgIpc) is 3.11. The van der Waals surface area contributed by atoms with Crippen LogP contribution in [0.5, 0.6) is 0 Å². The fourth-order valence-electron chi connectivity index (χ4n) is 3.39. The van der Waals surface area contributed by atoms with Crippen LogP contribution in [0.3, 0.4) is 0 Å². The standard InChI is InChI=1S/C18H33N5.HI/c1-5-19-18(23-10-8-16(13-23)11-14(2)3)20-9-6-7-17-12-21-22-15(17)4;/h12,14,16H,5-11,13H2,1-4H3,(H,19,20)(H,21,22);1H.